The van der Waals surface area contributed by atoms with Gasteiger partial charge in [-0.3, -0.25) is 14.9 Å². The van der Waals surface area contributed by atoms with Crippen molar-refractivity contribution in [2.45, 2.75) is 18.9 Å². The number of nitrogens with one attached hydrogen (secondary N) is 1. The van der Waals surface area contributed by atoms with Crippen molar-refractivity contribution in [1.82, 2.24) is 20.1 Å². The first-order valence-electron chi connectivity index (χ1n) is 7.48. The summed E-state index contributed by atoms with van der Waals surface area (Å²) in [5.74, 6) is -0.00300. The zero-order valence-electron chi connectivity index (χ0n) is 12.1. The molecule has 1 aromatic carbocycles. The maximum absolute atomic E-state index is 12.9. The van der Waals surface area contributed by atoms with E-state index >= 15 is 0 Å². The summed E-state index contributed by atoms with van der Waals surface area (Å²) < 4.78 is 0. The van der Waals surface area contributed by atoms with Gasteiger partial charge in [0.25, 0.3) is 5.91 Å². The SMILES string of the molecule is O=C(c1n[nH]c2ccccc12)N1CCC[C@@H]1c1ccncc1. The Kier molecular flexibility index (Phi) is 3.11. The molecular formula is C17H16N4O. The van der Waals surface area contributed by atoms with Gasteiger partial charge in [0.2, 0.25) is 0 Å². The number of aromatic nitrogens is 3. The molecule has 0 unspecified atom stereocenters. The summed E-state index contributed by atoms with van der Waals surface area (Å²) in [5, 5.41) is 8.06. The van der Waals surface area contributed by atoms with E-state index in [0.29, 0.717) is 5.69 Å². The summed E-state index contributed by atoms with van der Waals surface area (Å²) in [4.78, 5) is 18.9. The van der Waals surface area contributed by atoms with Crippen LogP contribution < -0.4 is 0 Å². The molecule has 5 nitrogen and oxygen atoms in total. The second-order valence-corrected chi connectivity index (χ2v) is 5.55. The predicted octanol–water partition coefficient (Wildman–Crippen LogP) is 2.94. The van der Waals surface area contributed by atoms with E-state index in [9.17, 15) is 4.79 Å². The maximum Gasteiger partial charge on any atom is 0.275 e. The predicted molar refractivity (Wildman–Crippen MR) is 83.3 cm³/mol. The average Bonchev–Trinajstić information content (AvgIpc) is 3.22. The summed E-state index contributed by atoms with van der Waals surface area (Å²) in [6, 6.07) is 11.8. The number of likely N-dealkylation sites (tertiary alicyclic amines) is 1. The summed E-state index contributed by atoms with van der Waals surface area (Å²) in [7, 11) is 0. The normalized spacial score (nSPS) is 18.0. The van der Waals surface area contributed by atoms with Crippen LogP contribution in [0.2, 0.25) is 0 Å². The van der Waals surface area contributed by atoms with Gasteiger partial charge in [0.05, 0.1) is 11.6 Å². The van der Waals surface area contributed by atoms with Crippen LogP contribution in [0.25, 0.3) is 10.9 Å². The Morgan fingerprint density at radius 1 is 1.18 bits per heavy atom. The Morgan fingerprint density at radius 2 is 2.00 bits per heavy atom. The molecule has 4 rings (SSSR count). The molecule has 1 aliphatic heterocycles. The van der Waals surface area contributed by atoms with Crippen molar-refractivity contribution >= 4 is 16.8 Å². The number of amides is 1. The van der Waals surface area contributed by atoms with Crippen molar-refractivity contribution in [1.29, 1.82) is 0 Å². The van der Waals surface area contributed by atoms with Gasteiger partial charge in [0.15, 0.2) is 5.69 Å². The number of nitrogens with zero attached hydrogens (tertiary/aromatic N) is 3. The lowest BCUT2D eigenvalue weighted by atomic mass is 10.1. The van der Waals surface area contributed by atoms with Gasteiger partial charge in [-0.1, -0.05) is 18.2 Å². The molecule has 3 heterocycles. The standard InChI is InChI=1S/C17H16N4O/c22-17(16-13-4-1-2-5-14(13)19-20-16)21-11-3-6-15(21)12-7-9-18-10-8-12/h1-2,4-5,7-10,15H,3,6,11H2,(H,19,20)/t15-/m1/s1. The van der Waals surface area contributed by atoms with E-state index in [1.54, 1.807) is 12.4 Å². The van der Waals surface area contributed by atoms with Crippen molar-refractivity contribution < 1.29 is 4.79 Å². The molecule has 5 heteroatoms. The zero-order valence-corrected chi connectivity index (χ0v) is 12.1. The number of fused-ring (bicyclic) bond motifs is 1. The fourth-order valence-electron chi connectivity index (χ4n) is 3.20. The summed E-state index contributed by atoms with van der Waals surface area (Å²) >= 11 is 0. The number of H-pyrrole nitrogens is 1. The molecular weight excluding hydrogens is 276 g/mol. The van der Waals surface area contributed by atoms with Crippen LogP contribution in [0.3, 0.4) is 0 Å². The third-order valence-corrected chi connectivity index (χ3v) is 4.28. The summed E-state index contributed by atoms with van der Waals surface area (Å²) in [6.07, 6.45) is 5.56. The third-order valence-electron chi connectivity index (χ3n) is 4.28. The number of carbonyl (C=O) groups excluding carboxylic acids is 1. The van der Waals surface area contributed by atoms with Gasteiger partial charge in [0.1, 0.15) is 0 Å². The molecule has 1 saturated heterocycles. The third kappa shape index (κ3) is 2.06. The van der Waals surface area contributed by atoms with E-state index in [-0.39, 0.29) is 11.9 Å². The fourth-order valence-corrected chi connectivity index (χ4v) is 3.20. The molecule has 0 spiro atoms. The Bertz CT molecular complexity index is 812. The van der Waals surface area contributed by atoms with Crippen LogP contribution in [-0.2, 0) is 0 Å². The minimum Gasteiger partial charge on any atom is -0.330 e. The van der Waals surface area contributed by atoms with E-state index in [0.717, 1.165) is 35.9 Å². The van der Waals surface area contributed by atoms with Crippen LogP contribution in [0, 0.1) is 0 Å². The first-order valence-corrected chi connectivity index (χ1v) is 7.48. The highest BCUT2D eigenvalue weighted by Gasteiger charge is 2.32. The van der Waals surface area contributed by atoms with Gasteiger partial charge in [-0.2, -0.15) is 5.10 Å². The molecule has 0 bridgehead atoms. The molecule has 1 aliphatic rings. The lowest BCUT2D eigenvalue weighted by molar-refractivity contribution is 0.0731. The average molecular weight is 292 g/mol. The van der Waals surface area contributed by atoms with Crippen molar-refractivity contribution in [3.63, 3.8) is 0 Å². The first-order chi connectivity index (χ1) is 10.8. The lowest BCUT2D eigenvalue weighted by Gasteiger charge is -2.24. The highest BCUT2D eigenvalue weighted by molar-refractivity contribution is 6.04. The van der Waals surface area contributed by atoms with Crippen molar-refractivity contribution in [3.05, 3.63) is 60.0 Å². The van der Waals surface area contributed by atoms with E-state index in [2.05, 4.69) is 15.2 Å². The van der Waals surface area contributed by atoms with Crippen LogP contribution in [-0.4, -0.2) is 32.5 Å². The van der Waals surface area contributed by atoms with Gasteiger partial charge in [-0.15, -0.1) is 0 Å². The van der Waals surface area contributed by atoms with Gasteiger partial charge < -0.3 is 4.90 Å². The topological polar surface area (TPSA) is 61.9 Å². The van der Waals surface area contributed by atoms with Crippen molar-refractivity contribution in [3.8, 4) is 0 Å². The monoisotopic (exact) mass is 292 g/mol. The van der Waals surface area contributed by atoms with Crippen LogP contribution in [0.1, 0.15) is 34.9 Å². The molecule has 0 aliphatic carbocycles. The number of hydrogen-bond donors (Lipinski definition) is 1. The minimum absolute atomic E-state index is 0.00300. The Labute approximate surface area is 128 Å². The van der Waals surface area contributed by atoms with E-state index in [4.69, 9.17) is 0 Å². The number of hydrogen-bond acceptors (Lipinski definition) is 3. The van der Waals surface area contributed by atoms with Gasteiger partial charge >= 0.3 is 0 Å². The van der Waals surface area contributed by atoms with E-state index < -0.39 is 0 Å². The molecule has 2 aromatic heterocycles. The quantitative estimate of drug-likeness (QED) is 0.790. The van der Waals surface area contributed by atoms with Crippen LogP contribution in [0.4, 0.5) is 0 Å². The highest BCUT2D eigenvalue weighted by Crippen LogP contribution is 2.33. The van der Waals surface area contributed by atoms with Gasteiger partial charge in [-0.25, -0.2) is 0 Å². The molecule has 1 atom stereocenters. The number of carbonyl (C=O) groups is 1. The molecule has 22 heavy (non-hydrogen) atoms. The zero-order chi connectivity index (χ0) is 14.9. The number of aromatic amines is 1. The second kappa shape index (κ2) is 5.26. The number of rotatable bonds is 2. The van der Waals surface area contributed by atoms with Gasteiger partial charge in [-0.05, 0) is 36.6 Å². The molecule has 3 aromatic rings. The Hall–Kier alpha value is -2.69. The van der Waals surface area contributed by atoms with E-state index in [1.807, 2.05) is 41.3 Å². The molecule has 0 saturated carbocycles. The van der Waals surface area contributed by atoms with E-state index in [1.165, 1.54) is 0 Å². The van der Waals surface area contributed by atoms with Crippen LogP contribution >= 0.6 is 0 Å². The van der Waals surface area contributed by atoms with Crippen LogP contribution in [0.5, 0.6) is 0 Å². The van der Waals surface area contributed by atoms with Crippen molar-refractivity contribution in [2.24, 2.45) is 0 Å². The summed E-state index contributed by atoms with van der Waals surface area (Å²) in [6.45, 7) is 0.771. The Morgan fingerprint density at radius 3 is 2.86 bits per heavy atom. The number of pyridine rings is 1. The summed E-state index contributed by atoms with van der Waals surface area (Å²) in [5.41, 5.74) is 2.54. The fraction of sp³-hybridized carbons (Fsp3) is 0.235. The Balaban J connectivity index is 1.70. The lowest BCUT2D eigenvalue weighted by Crippen LogP contribution is -2.31. The van der Waals surface area contributed by atoms with Crippen LogP contribution in [0.15, 0.2) is 48.8 Å². The molecule has 1 amide bonds. The minimum atomic E-state index is -0.00300. The highest BCUT2D eigenvalue weighted by atomic mass is 16.2. The molecule has 0 radical (unpaired) electrons. The maximum atomic E-state index is 12.9. The smallest absolute Gasteiger partial charge is 0.275 e. The number of para-hydroxylation sites is 1. The number of benzene rings is 1. The van der Waals surface area contributed by atoms with Crippen molar-refractivity contribution in [2.75, 3.05) is 6.54 Å². The molecule has 1 N–H and O–H groups in total. The molecule has 110 valence electrons. The largest absolute Gasteiger partial charge is 0.330 e. The first kappa shape index (κ1) is 13.0. The van der Waals surface area contributed by atoms with Gasteiger partial charge in [0, 0.05) is 24.3 Å². The molecule has 1 fully saturated rings. The second-order valence-electron chi connectivity index (χ2n) is 5.55.